The van der Waals surface area contributed by atoms with E-state index in [0.29, 0.717) is 45.8 Å². The van der Waals surface area contributed by atoms with Gasteiger partial charge >= 0.3 is 0 Å². The first-order chi connectivity index (χ1) is 17.0. The van der Waals surface area contributed by atoms with E-state index >= 15 is 0 Å². The van der Waals surface area contributed by atoms with Gasteiger partial charge in [-0.2, -0.15) is 0 Å². The summed E-state index contributed by atoms with van der Waals surface area (Å²) in [4.78, 5) is 63.2. The Morgan fingerprint density at radius 1 is 1.14 bits per heavy atom. The monoisotopic (exact) mass is 495 g/mol. The molecule has 11 heteroatoms. The minimum absolute atomic E-state index is 0.0124. The number of aromatic nitrogens is 2. The predicted octanol–water partition coefficient (Wildman–Crippen LogP) is 1.10. The smallest absolute Gasteiger partial charge is 0.282 e. The Bertz CT molecular complexity index is 1180. The van der Waals surface area contributed by atoms with Crippen molar-refractivity contribution >= 4 is 34.7 Å². The number of Topliss-reactive ketones (excluding diaryl/α,β-unsaturated/α-hetero) is 1. The van der Waals surface area contributed by atoms with Crippen LogP contribution in [0.1, 0.15) is 48.5 Å². The fraction of sp³-hybridized carbons (Fsp3) is 0.417. The molecule has 5 rings (SSSR count). The summed E-state index contributed by atoms with van der Waals surface area (Å²) >= 11 is 0.944. The van der Waals surface area contributed by atoms with Crippen LogP contribution in [0, 0.1) is 0 Å². The van der Waals surface area contributed by atoms with E-state index in [1.54, 1.807) is 16.0 Å². The Hall–Kier alpha value is -3.44. The van der Waals surface area contributed by atoms with E-state index in [-0.39, 0.29) is 45.0 Å². The number of allylic oxidation sites excluding steroid dienone is 2. The summed E-state index contributed by atoms with van der Waals surface area (Å²) < 4.78 is 5.48. The van der Waals surface area contributed by atoms with Gasteiger partial charge in [0, 0.05) is 63.7 Å². The van der Waals surface area contributed by atoms with Gasteiger partial charge in [-0.15, -0.1) is 11.3 Å². The normalized spacial score (nSPS) is 20.0. The number of thiazole rings is 1. The molecule has 1 atom stereocenters. The number of ether oxygens (including phenoxy) is 1. The van der Waals surface area contributed by atoms with Crippen LogP contribution in [0.25, 0.3) is 0 Å². The molecule has 2 fully saturated rings. The minimum Gasteiger partial charge on any atom is -0.381 e. The number of hydrogen-bond donors (Lipinski definition) is 1. The number of piperazine rings is 1. The minimum atomic E-state index is -0.400. The highest BCUT2D eigenvalue weighted by atomic mass is 32.1. The highest BCUT2D eigenvalue weighted by Crippen LogP contribution is 2.27. The fourth-order valence-corrected chi connectivity index (χ4v) is 5.31. The van der Waals surface area contributed by atoms with Crippen LogP contribution < -0.4 is 5.32 Å². The Morgan fingerprint density at radius 3 is 2.66 bits per heavy atom. The molecule has 2 aromatic rings. The zero-order valence-electron chi connectivity index (χ0n) is 19.1. The molecule has 2 amide bonds. The van der Waals surface area contributed by atoms with Crippen LogP contribution in [-0.2, 0) is 16.0 Å². The number of ketones is 2. The van der Waals surface area contributed by atoms with Crippen molar-refractivity contribution in [2.24, 2.45) is 0 Å². The van der Waals surface area contributed by atoms with Crippen LogP contribution in [0.3, 0.4) is 0 Å². The molecule has 2 aliphatic heterocycles. The average Bonchev–Trinajstić information content (AvgIpc) is 3.58. The maximum atomic E-state index is 13.1. The molecule has 0 bridgehead atoms. The van der Waals surface area contributed by atoms with E-state index in [1.165, 1.54) is 6.08 Å². The number of carbonyl (C=O) groups excluding carboxylic acids is 4. The molecule has 1 N–H and O–H groups in total. The molecule has 2 aromatic heterocycles. The Morgan fingerprint density at radius 2 is 1.94 bits per heavy atom. The van der Waals surface area contributed by atoms with Gasteiger partial charge in [0.1, 0.15) is 16.7 Å². The quantitative estimate of drug-likeness (QED) is 0.632. The van der Waals surface area contributed by atoms with Crippen LogP contribution in [0.4, 0.5) is 0 Å². The molecule has 0 radical (unpaired) electrons. The first-order valence-corrected chi connectivity index (χ1v) is 12.5. The van der Waals surface area contributed by atoms with Crippen LogP contribution in [-0.4, -0.2) is 88.6 Å². The molecule has 3 aliphatic rings. The Balaban J connectivity index is 1.19. The van der Waals surface area contributed by atoms with E-state index in [0.717, 1.165) is 29.9 Å². The van der Waals surface area contributed by atoms with Gasteiger partial charge in [-0.05, 0) is 25.0 Å². The van der Waals surface area contributed by atoms with E-state index in [4.69, 9.17) is 4.74 Å². The van der Waals surface area contributed by atoms with Crippen molar-refractivity contribution in [2.75, 3.05) is 39.3 Å². The molecule has 35 heavy (non-hydrogen) atoms. The van der Waals surface area contributed by atoms with Crippen molar-refractivity contribution in [3.05, 3.63) is 57.4 Å². The van der Waals surface area contributed by atoms with Crippen molar-refractivity contribution in [2.45, 2.75) is 25.4 Å². The molecule has 4 heterocycles. The van der Waals surface area contributed by atoms with Gasteiger partial charge in [0.15, 0.2) is 10.8 Å². The van der Waals surface area contributed by atoms with Crippen molar-refractivity contribution in [3.63, 3.8) is 0 Å². The van der Waals surface area contributed by atoms with Gasteiger partial charge in [0.2, 0.25) is 5.78 Å². The standard InChI is InChI=1S/C24H25N5O5S/c30-17-14-16(26-8-6-15-4-1-2-7-25-15)20(31)19-21(17)35-22(27-19)24(33)29-11-9-28(10-12-29)23(32)18-5-3-13-34-18/h1-2,4,7,14,18,26H,3,5-6,8-13H2. The first kappa shape index (κ1) is 23.3. The zero-order valence-corrected chi connectivity index (χ0v) is 19.9. The highest BCUT2D eigenvalue weighted by molar-refractivity contribution is 7.16. The summed E-state index contributed by atoms with van der Waals surface area (Å²) in [6.07, 6.45) is 4.81. The third kappa shape index (κ3) is 4.87. The van der Waals surface area contributed by atoms with Gasteiger partial charge in [-0.25, -0.2) is 4.98 Å². The molecule has 182 valence electrons. The van der Waals surface area contributed by atoms with Gasteiger partial charge in [0.25, 0.3) is 11.8 Å². The SMILES string of the molecule is O=C1C(NCCc2ccccn2)=CC(=O)c2sc(C(=O)N3CCN(C(=O)C4CCCO4)CC3)nc21. The Kier molecular flexibility index (Phi) is 6.69. The Labute approximate surface area is 206 Å². The van der Waals surface area contributed by atoms with Crippen molar-refractivity contribution in [3.8, 4) is 0 Å². The van der Waals surface area contributed by atoms with Crippen molar-refractivity contribution < 1.29 is 23.9 Å². The number of pyridine rings is 1. The number of fused-ring (bicyclic) bond motifs is 1. The number of carbonyl (C=O) groups is 4. The fourth-order valence-electron chi connectivity index (χ4n) is 4.37. The molecule has 0 spiro atoms. The molecule has 0 saturated carbocycles. The second-order valence-corrected chi connectivity index (χ2v) is 9.56. The second-order valence-electron chi connectivity index (χ2n) is 8.57. The summed E-state index contributed by atoms with van der Waals surface area (Å²) in [7, 11) is 0. The summed E-state index contributed by atoms with van der Waals surface area (Å²) in [5.41, 5.74) is 1.05. The van der Waals surface area contributed by atoms with E-state index in [9.17, 15) is 19.2 Å². The number of nitrogens with one attached hydrogen (secondary N) is 1. The topological polar surface area (TPSA) is 122 Å². The van der Waals surface area contributed by atoms with E-state index in [1.807, 2.05) is 18.2 Å². The lowest BCUT2D eigenvalue weighted by atomic mass is 10.0. The van der Waals surface area contributed by atoms with Gasteiger partial charge in [-0.1, -0.05) is 6.07 Å². The lowest BCUT2D eigenvalue weighted by Gasteiger charge is -2.35. The van der Waals surface area contributed by atoms with Crippen molar-refractivity contribution in [1.82, 2.24) is 25.1 Å². The molecule has 1 unspecified atom stereocenters. The van der Waals surface area contributed by atoms with E-state index < -0.39 is 5.78 Å². The number of nitrogens with zero attached hydrogens (tertiary/aromatic N) is 4. The lowest BCUT2D eigenvalue weighted by Crippen LogP contribution is -2.52. The second kappa shape index (κ2) is 10.0. The van der Waals surface area contributed by atoms with Crippen LogP contribution in [0.2, 0.25) is 0 Å². The predicted molar refractivity (Wildman–Crippen MR) is 126 cm³/mol. The average molecular weight is 496 g/mol. The lowest BCUT2D eigenvalue weighted by molar-refractivity contribution is -0.142. The zero-order chi connectivity index (χ0) is 24.4. The van der Waals surface area contributed by atoms with E-state index in [2.05, 4.69) is 15.3 Å². The summed E-state index contributed by atoms with van der Waals surface area (Å²) in [5, 5.41) is 3.11. The number of rotatable bonds is 6. The van der Waals surface area contributed by atoms with Crippen LogP contribution in [0.15, 0.2) is 36.2 Å². The first-order valence-electron chi connectivity index (χ1n) is 11.7. The molecule has 0 aromatic carbocycles. The summed E-state index contributed by atoms with van der Waals surface area (Å²) in [5.74, 6) is -1.10. The largest absolute Gasteiger partial charge is 0.381 e. The van der Waals surface area contributed by atoms with Gasteiger partial charge < -0.3 is 19.9 Å². The van der Waals surface area contributed by atoms with Crippen LogP contribution in [0.5, 0.6) is 0 Å². The van der Waals surface area contributed by atoms with Crippen molar-refractivity contribution in [1.29, 1.82) is 0 Å². The third-order valence-corrected chi connectivity index (χ3v) is 7.33. The third-order valence-electron chi connectivity index (χ3n) is 6.28. The molecule has 2 saturated heterocycles. The molecular formula is C24H25N5O5S. The summed E-state index contributed by atoms with van der Waals surface area (Å²) in [6.45, 7) is 2.60. The number of hydrogen-bond acceptors (Lipinski definition) is 9. The highest BCUT2D eigenvalue weighted by Gasteiger charge is 2.35. The molecule has 1 aliphatic carbocycles. The summed E-state index contributed by atoms with van der Waals surface area (Å²) in [6, 6.07) is 5.60. The van der Waals surface area contributed by atoms with Gasteiger partial charge in [-0.3, -0.25) is 24.2 Å². The number of amides is 2. The van der Waals surface area contributed by atoms with Gasteiger partial charge in [0.05, 0.1) is 5.70 Å². The molecular weight excluding hydrogens is 470 g/mol. The maximum Gasteiger partial charge on any atom is 0.282 e. The maximum absolute atomic E-state index is 13.1. The molecule has 10 nitrogen and oxygen atoms in total. The van der Waals surface area contributed by atoms with Crippen LogP contribution >= 0.6 is 11.3 Å².